The highest BCUT2D eigenvalue weighted by molar-refractivity contribution is 5.87. The van der Waals surface area contributed by atoms with Crippen LogP contribution in [0.1, 0.15) is 19.8 Å². The van der Waals surface area contributed by atoms with Gasteiger partial charge >= 0.3 is 0 Å². The van der Waals surface area contributed by atoms with E-state index in [1.165, 1.54) is 6.33 Å². The molecule has 1 fully saturated rings. The first-order valence-electron chi connectivity index (χ1n) is 8.05. The number of hydrogen-bond donors (Lipinski definition) is 2. The van der Waals surface area contributed by atoms with Crippen molar-refractivity contribution in [3.63, 3.8) is 0 Å². The number of hydrogen-bond acceptors (Lipinski definition) is 6. The smallest absolute Gasteiger partial charge is 0.225 e. The first-order valence-corrected chi connectivity index (χ1v) is 8.05. The fourth-order valence-electron chi connectivity index (χ4n) is 3.23. The van der Waals surface area contributed by atoms with Crippen molar-refractivity contribution in [1.29, 1.82) is 5.26 Å². The standard InChI is InChI=1S/C16H21N7O/c1-11-3-4-12(16(24)19-8-6-17)9-23(11)22(2)15-13-5-7-18-14(13)20-10-21-15/h5,7,10-12H,3-4,8-9H2,1-2H3,(H,19,24)(H,18,20,21). The molecule has 0 aliphatic carbocycles. The molecule has 1 aliphatic heterocycles. The van der Waals surface area contributed by atoms with E-state index in [-0.39, 0.29) is 18.4 Å². The molecule has 1 aliphatic rings. The summed E-state index contributed by atoms with van der Waals surface area (Å²) in [6, 6.07) is 4.20. The van der Waals surface area contributed by atoms with Gasteiger partial charge in [-0.2, -0.15) is 5.26 Å². The van der Waals surface area contributed by atoms with Crippen LogP contribution in [0.2, 0.25) is 0 Å². The third kappa shape index (κ3) is 3.03. The highest BCUT2D eigenvalue weighted by atomic mass is 16.1. The molecular weight excluding hydrogens is 306 g/mol. The number of anilines is 1. The predicted molar refractivity (Wildman–Crippen MR) is 89.8 cm³/mol. The average molecular weight is 327 g/mol. The van der Waals surface area contributed by atoms with E-state index in [4.69, 9.17) is 5.26 Å². The van der Waals surface area contributed by atoms with Gasteiger partial charge in [-0.25, -0.2) is 15.0 Å². The van der Waals surface area contributed by atoms with E-state index in [2.05, 4.69) is 32.2 Å². The van der Waals surface area contributed by atoms with Crippen molar-refractivity contribution in [2.75, 3.05) is 25.1 Å². The number of nitrogens with zero attached hydrogens (tertiary/aromatic N) is 5. The van der Waals surface area contributed by atoms with Crippen molar-refractivity contribution in [3.05, 3.63) is 18.6 Å². The van der Waals surface area contributed by atoms with Gasteiger partial charge in [-0.1, -0.05) is 0 Å². The Kier molecular flexibility index (Phi) is 4.62. The predicted octanol–water partition coefficient (Wildman–Crippen LogP) is 1.05. The van der Waals surface area contributed by atoms with Crippen LogP contribution in [0.5, 0.6) is 0 Å². The minimum Gasteiger partial charge on any atom is -0.346 e. The van der Waals surface area contributed by atoms with E-state index in [9.17, 15) is 4.79 Å². The number of fused-ring (bicyclic) bond motifs is 1. The molecule has 0 saturated carbocycles. The Bertz CT molecular complexity index is 765. The van der Waals surface area contributed by atoms with Gasteiger partial charge in [0.15, 0.2) is 5.82 Å². The first-order chi connectivity index (χ1) is 11.6. The molecule has 126 valence electrons. The lowest BCUT2D eigenvalue weighted by Crippen LogP contribution is -2.54. The number of nitrogens with one attached hydrogen (secondary N) is 2. The summed E-state index contributed by atoms with van der Waals surface area (Å²) in [6.07, 6.45) is 5.12. The third-order valence-electron chi connectivity index (χ3n) is 4.59. The van der Waals surface area contributed by atoms with E-state index in [1.54, 1.807) is 0 Å². The molecule has 2 aromatic rings. The molecule has 3 heterocycles. The Hall–Kier alpha value is -2.66. The van der Waals surface area contributed by atoms with E-state index >= 15 is 0 Å². The lowest BCUT2D eigenvalue weighted by atomic mass is 9.94. The SMILES string of the molecule is CC1CCC(C(=O)NCC#N)CN1N(C)c1ncnc2[nH]ccc12. The monoisotopic (exact) mass is 327 g/mol. The normalized spacial score (nSPS) is 21.4. The molecule has 2 N–H and O–H groups in total. The Balaban J connectivity index is 1.80. The van der Waals surface area contributed by atoms with Crippen LogP contribution < -0.4 is 10.3 Å². The Morgan fingerprint density at radius 3 is 3.17 bits per heavy atom. The molecule has 0 bridgehead atoms. The molecule has 24 heavy (non-hydrogen) atoms. The number of nitriles is 1. The molecule has 1 saturated heterocycles. The lowest BCUT2D eigenvalue weighted by Gasteiger charge is -2.43. The molecule has 2 atom stereocenters. The second-order valence-corrected chi connectivity index (χ2v) is 6.08. The van der Waals surface area contributed by atoms with Crippen LogP contribution in [0.25, 0.3) is 11.0 Å². The second-order valence-electron chi connectivity index (χ2n) is 6.08. The van der Waals surface area contributed by atoms with Crippen LogP contribution in [-0.2, 0) is 4.79 Å². The Labute approximate surface area is 140 Å². The van der Waals surface area contributed by atoms with Crippen molar-refractivity contribution < 1.29 is 4.79 Å². The molecule has 8 nitrogen and oxygen atoms in total. The molecule has 8 heteroatoms. The van der Waals surface area contributed by atoms with Gasteiger partial charge in [-0.3, -0.25) is 9.80 Å². The largest absolute Gasteiger partial charge is 0.346 e. The van der Waals surface area contributed by atoms with Crippen LogP contribution in [0.15, 0.2) is 18.6 Å². The summed E-state index contributed by atoms with van der Waals surface area (Å²) in [6.45, 7) is 2.80. The zero-order chi connectivity index (χ0) is 17.1. The maximum atomic E-state index is 12.2. The highest BCUT2D eigenvalue weighted by Crippen LogP contribution is 2.28. The van der Waals surface area contributed by atoms with Crippen molar-refractivity contribution in [2.24, 2.45) is 5.92 Å². The fraction of sp³-hybridized carbons (Fsp3) is 0.500. The van der Waals surface area contributed by atoms with Crippen LogP contribution in [0.3, 0.4) is 0 Å². The van der Waals surface area contributed by atoms with E-state index < -0.39 is 0 Å². The van der Waals surface area contributed by atoms with Crippen molar-refractivity contribution in [2.45, 2.75) is 25.8 Å². The molecule has 3 rings (SSSR count). The van der Waals surface area contributed by atoms with E-state index in [0.29, 0.717) is 12.6 Å². The zero-order valence-corrected chi connectivity index (χ0v) is 13.9. The summed E-state index contributed by atoms with van der Waals surface area (Å²) < 4.78 is 0. The highest BCUT2D eigenvalue weighted by Gasteiger charge is 2.32. The zero-order valence-electron chi connectivity index (χ0n) is 13.9. The van der Waals surface area contributed by atoms with Gasteiger partial charge in [0.1, 0.15) is 18.5 Å². The quantitative estimate of drug-likeness (QED) is 0.814. The summed E-state index contributed by atoms with van der Waals surface area (Å²) in [7, 11) is 1.96. The summed E-state index contributed by atoms with van der Waals surface area (Å²) in [4.78, 5) is 23.9. The number of H-pyrrole nitrogens is 1. The number of aromatic amines is 1. The minimum absolute atomic E-state index is 0.0522. The molecule has 1 amide bonds. The average Bonchev–Trinajstić information content (AvgIpc) is 3.08. The second kappa shape index (κ2) is 6.84. The van der Waals surface area contributed by atoms with Gasteiger partial charge in [0.2, 0.25) is 5.91 Å². The van der Waals surface area contributed by atoms with Crippen LogP contribution in [0, 0.1) is 17.2 Å². The number of amides is 1. The molecule has 0 radical (unpaired) electrons. The topological polar surface area (TPSA) is 101 Å². The van der Waals surface area contributed by atoms with Gasteiger partial charge in [-0.05, 0) is 25.8 Å². The van der Waals surface area contributed by atoms with Gasteiger partial charge in [0.05, 0.1) is 17.4 Å². The van der Waals surface area contributed by atoms with Gasteiger partial charge < -0.3 is 10.3 Å². The van der Waals surface area contributed by atoms with Crippen LogP contribution in [0.4, 0.5) is 5.82 Å². The fourth-order valence-corrected chi connectivity index (χ4v) is 3.23. The molecular formula is C16H21N7O. The molecule has 0 spiro atoms. The minimum atomic E-state index is -0.124. The van der Waals surface area contributed by atoms with Gasteiger partial charge in [-0.15, -0.1) is 0 Å². The van der Waals surface area contributed by atoms with Gasteiger partial charge in [0, 0.05) is 25.8 Å². The van der Waals surface area contributed by atoms with Crippen LogP contribution >= 0.6 is 0 Å². The van der Waals surface area contributed by atoms with E-state index in [1.807, 2.05) is 30.4 Å². The maximum Gasteiger partial charge on any atom is 0.225 e. The molecule has 2 aromatic heterocycles. The third-order valence-corrected chi connectivity index (χ3v) is 4.59. The number of rotatable bonds is 4. The van der Waals surface area contributed by atoms with Crippen molar-refractivity contribution >= 4 is 22.8 Å². The summed E-state index contributed by atoms with van der Waals surface area (Å²) >= 11 is 0. The maximum absolute atomic E-state index is 12.2. The number of carbonyl (C=O) groups excluding carboxylic acids is 1. The summed E-state index contributed by atoms with van der Waals surface area (Å²) in [5.74, 6) is 0.628. The van der Waals surface area contributed by atoms with Crippen molar-refractivity contribution in [3.8, 4) is 6.07 Å². The van der Waals surface area contributed by atoms with Gasteiger partial charge in [0.25, 0.3) is 0 Å². The van der Waals surface area contributed by atoms with Crippen molar-refractivity contribution in [1.82, 2.24) is 25.3 Å². The summed E-state index contributed by atoms with van der Waals surface area (Å²) in [5, 5.41) is 16.4. The first kappa shape index (κ1) is 16.2. The lowest BCUT2D eigenvalue weighted by molar-refractivity contribution is -0.127. The Morgan fingerprint density at radius 2 is 2.38 bits per heavy atom. The number of carbonyl (C=O) groups is 1. The number of piperidine rings is 1. The molecule has 0 aromatic carbocycles. The Morgan fingerprint density at radius 1 is 1.54 bits per heavy atom. The molecule has 2 unspecified atom stereocenters. The number of aromatic nitrogens is 3. The van der Waals surface area contributed by atoms with E-state index in [0.717, 1.165) is 29.7 Å². The van der Waals surface area contributed by atoms with Crippen LogP contribution in [-0.4, -0.2) is 52.0 Å². The number of hydrazine groups is 1. The summed E-state index contributed by atoms with van der Waals surface area (Å²) in [5.41, 5.74) is 0.792.